The Kier molecular flexibility index (Phi) is 13.3. The monoisotopic (exact) mass is 860 g/mol. The van der Waals surface area contributed by atoms with Crippen molar-refractivity contribution < 1.29 is 10.2 Å². The number of aromatic nitrogens is 8. The molecule has 0 spiro atoms. The number of aliphatic hydroxyl groups excluding tert-OH is 2. The average molecular weight is 861 g/mol. The second kappa shape index (κ2) is 19.9. The summed E-state index contributed by atoms with van der Waals surface area (Å²) in [5.41, 5.74) is 7.78. The van der Waals surface area contributed by atoms with Gasteiger partial charge in [-0.25, -0.2) is 34.9 Å². The second-order valence-electron chi connectivity index (χ2n) is 16.9. The number of nitrogens with one attached hydrogen (secondary N) is 2. The van der Waals surface area contributed by atoms with Crippen LogP contribution in [0.3, 0.4) is 0 Å². The molecule has 0 radical (unpaired) electrons. The first kappa shape index (κ1) is 42.8. The van der Waals surface area contributed by atoms with Gasteiger partial charge in [-0.05, 0) is 63.3 Å². The summed E-state index contributed by atoms with van der Waals surface area (Å²) in [5, 5.41) is 27.5. The van der Waals surface area contributed by atoms with Gasteiger partial charge in [0.25, 0.3) is 0 Å². The largest absolute Gasteiger partial charge is 0.390 e. The van der Waals surface area contributed by atoms with E-state index in [1.54, 1.807) is 6.20 Å². The van der Waals surface area contributed by atoms with Crippen molar-refractivity contribution in [2.75, 3.05) is 86.9 Å². The minimum atomic E-state index is -0.140. The third-order valence-electron chi connectivity index (χ3n) is 12.3. The Bertz CT molecular complexity index is 2630. The number of piperazine rings is 2. The summed E-state index contributed by atoms with van der Waals surface area (Å²) >= 11 is 0. The van der Waals surface area contributed by atoms with E-state index in [9.17, 15) is 10.2 Å². The van der Waals surface area contributed by atoms with E-state index >= 15 is 0 Å². The number of pyridine rings is 4. The summed E-state index contributed by atoms with van der Waals surface area (Å²) < 4.78 is 0. The fourth-order valence-electron chi connectivity index (χ4n) is 8.61. The van der Waals surface area contributed by atoms with E-state index in [0.29, 0.717) is 35.0 Å². The lowest BCUT2D eigenvalue weighted by Gasteiger charge is -2.33. The van der Waals surface area contributed by atoms with E-state index < -0.39 is 0 Å². The molecule has 64 heavy (non-hydrogen) atoms. The highest BCUT2D eigenvalue weighted by Crippen LogP contribution is 2.35. The van der Waals surface area contributed by atoms with Gasteiger partial charge in [-0.3, -0.25) is 4.98 Å². The second-order valence-corrected chi connectivity index (χ2v) is 16.9. The maximum Gasteiger partial charge on any atom is 0.228 e. The Hall–Kier alpha value is -6.46. The number of anilines is 6. The predicted octanol–water partition coefficient (Wildman–Crippen LogP) is 6.53. The van der Waals surface area contributed by atoms with Gasteiger partial charge in [0.1, 0.15) is 17.2 Å². The highest BCUT2D eigenvalue weighted by Gasteiger charge is 2.22. The van der Waals surface area contributed by atoms with Crippen molar-refractivity contribution in [3.8, 4) is 11.3 Å². The fraction of sp³-hybridized carbons (Fsp3) is 0.375. The molecule has 3 aliphatic rings. The molecule has 0 atom stereocenters. The molecular weight excluding hydrogens is 805 g/mol. The molecule has 3 fully saturated rings. The topological polar surface area (TPSA) is 181 Å². The van der Waals surface area contributed by atoms with Crippen molar-refractivity contribution >= 4 is 56.7 Å². The lowest BCUT2D eigenvalue weighted by molar-refractivity contribution is 0.276. The number of aliphatic hydroxyl groups is 2. The Labute approximate surface area is 373 Å². The zero-order valence-electron chi connectivity index (χ0n) is 36.6. The van der Waals surface area contributed by atoms with Crippen molar-refractivity contribution in [2.45, 2.75) is 51.2 Å². The van der Waals surface area contributed by atoms with Crippen LogP contribution in [0.2, 0.25) is 0 Å². The van der Waals surface area contributed by atoms with Crippen LogP contribution in [-0.4, -0.2) is 126 Å². The van der Waals surface area contributed by atoms with Crippen LogP contribution in [0.25, 0.3) is 33.1 Å². The average Bonchev–Trinajstić information content (AvgIpc) is 3.35. The molecule has 1 aliphatic carbocycles. The van der Waals surface area contributed by atoms with Crippen molar-refractivity contribution in [3.63, 3.8) is 0 Å². The van der Waals surface area contributed by atoms with Gasteiger partial charge in [-0.1, -0.05) is 49.6 Å². The summed E-state index contributed by atoms with van der Waals surface area (Å²) in [5.74, 6) is 2.77. The van der Waals surface area contributed by atoms with Crippen molar-refractivity contribution in [3.05, 3.63) is 109 Å². The van der Waals surface area contributed by atoms with Crippen LogP contribution >= 0.6 is 0 Å². The van der Waals surface area contributed by atoms with Crippen molar-refractivity contribution in [2.24, 2.45) is 0 Å². The number of rotatable bonds is 10. The molecular formula is C48H56N14O2. The van der Waals surface area contributed by atoms with Crippen LogP contribution in [0.4, 0.5) is 34.9 Å². The fourth-order valence-corrected chi connectivity index (χ4v) is 8.61. The number of fused-ring (bicyclic) bond motifs is 2. The quantitative estimate of drug-likeness (QED) is 0.117. The first-order valence-corrected chi connectivity index (χ1v) is 22.3. The third-order valence-corrected chi connectivity index (χ3v) is 12.3. The number of nitrogens with zero attached hydrogens (tertiary/aromatic N) is 12. The molecule has 7 aromatic rings. The van der Waals surface area contributed by atoms with Crippen LogP contribution in [0, 0.1) is 0 Å². The Morgan fingerprint density at radius 1 is 0.547 bits per heavy atom. The van der Waals surface area contributed by atoms with Crippen LogP contribution in [0.15, 0.2) is 91.5 Å². The number of likely N-dealkylation sites (N-methyl/N-ethyl adjacent to an activating group) is 2. The molecule has 1 saturated carbocycles. The van der Waals surface area contributed by atoms with Crippen LogP contribution in [0.5, 0.6) is 0 Å². The van der Waals surface area contributed by atoms with Gasteiger partial charge in [-0.15, -0.1) is 0 Å². The van der Waals surface area contributed by atoms with Crippen molar-refractivity contribution in [1.82, 2.24) is 49.7 Å². The number of benzene rings is 1. The Morgan fingerprint density at radius 3 is 1.58 bits per heavy atom. The summed E-state index contributed by atoms with van der Waals surface area (Å²) in [7, 11) is 4.31. The van der Waals surface area contributed by atoms with Gasteiger partial charge in [0, 0.05) is 87.0 Å². The molecule has 4 N–H and O–H groups in total. The summed E-state index contributed by atoms with van der Waals surface area (Å²) in [4.78, 5) is 46.4. The van der Waals surface area contributed by atoms with Gasteiger partial charge < -0.3 is 40.4 Å². The molecule has 0 amide bonds. The minimum absolute atomic E-state index is 0.0702. The first-order valence-electron chi connectivity index (χ1n) is 22.3. The molecule has 0 unspecified atom stereocenters. The standard InChI is InChI=1S/C24H31N7O.C24H25N7O/c2*1-30-9-11-31(12-10-30)20-7-8-21(25-15-20)28-24-26-14-18-13-19(16-32)27-22(23(18)29-24)17-5-3-2-4-6-17/h7-8,13-15,17,32H,2-6,9-12,16H2,1H3,(H,25,26,28,29);2-8,13-15,32H,9-12,16H2,1H3,(H,25,26,28,29). The first-order chi connectivity index (χ1) is 31.4. The number of hydrogen-bond acceptors (Lipinski definition) is 16. The summed E-state index contributed by atoms with van der Waals surface area (Å²) in [6.07, 6.45) is 13.3. The Balaban J connectivity index is 0.000000162. The predicted molar refractivity (Wildman–Crippen MR) is 252 cm³/mol. The van der Waals surface area contributed by atoms with Gasteiger partial charge in [0.2, 0.25) is 11.9 Å². The van der Waals surface area contributed by atoms with E-state index in [4.69, 9.17) is 15.0 Å². The SMILES string of the molecule is CN1CCN(c2ccc(Nc3ncc4cc(CO)nc(-c5ccccc5)c4n3)nc2)CC1.CN1CCN(c2ccc(Nc3ncc4cc(CO)nc(C5CCCCC5)c4n3)nc2)CC1. The van der Waals surface area contributed by atoms with Gasteiger partial charge in [-0.2, -0.15) is 0 Å². The van der Waals surface area contributed by atoms with Crippen LogP contribution < -0.4 is 20.4 Å². The van der Waals surface area contributed by atoms with E-state index in [1.165, 1.54) is 19.3 Å². The van der Waals surface area contributed by atoms with E-state index in [-0.39, 0.29) is 13.2 Å². The molecule has 16 heteroatoms. The molecule has 6 aromatic heterocycles. The normalized spacial score (nSPS) is 16.4. The zero-order chi connectivity index (χ0) is 43.8. The summed E-state index contributed by atoms with van der Waals surface area (Å²) in [6.45, 7) is 8.09. The van der Waals surface area contributed by atoms with Gasteiger partial charge in [0.05, 0.1) is 65.3 Å². The van der Waals surface area contributed by atoms with E-state index in [2.05, 4.69) is 81.4 Å². The lowest BCUT2D eigenvalue weighted by Crippen LogP contribution is -2.44. The lowest BCUT2D eigenvalue weighted by atomic mass is 9.86. The summed E-state index contributed by atoms with van der Waals surface area (Å²) in [6, 6.07) is 21.7. The third kappa shape index (κ3) is 10.2. The molecule has 1 aromatic carbocycles. The molecule has 10 rings (SSSR count). The van der Waals surface area contributed by atoms with Crippen molar-refractivity contribution in [1.29, 1.82) is 0 Å². The van der Waals surface area contributed by atoms with Gasteiger partial charge >= 0.3 is 0 Å². The van der Waals surface area contributed by atoms with Crippen LogP contribution in [-0.2, 0) is 13.2 Å². The van der Waals surface area contributed by atoms with Crippen LogP contribution in [0.1, 0.15) is 55.1 Å². The van der Waals surface area contributed by atoms with Gasteiger partial charge in [0.15, 0.2) is 0 Å². The molecule has 2 saturated heterocycles. The Morgan fingerprint density at radius 2 is 1.06 bits per heavy atom. The molecule has 330 valence electrons. The maximum atomic E-state index is 9.67. The van der Waals surface area contributed by atoms with E-state index in [1.807, 2.05) is 73.2 Å². The smallest absolute Gasteiger partial charge is 0.228 e. The molecule has 0 bridgehead atoms. The van der Waals surface area contributed by atoms with E-state index in [0.717, 1.165) is 121 Å². The molecule has 8 heterocycles. The minimum Gasteiger partial charge on any atom is -0.390 e. The highest BCUT2D eigenvalue weighted by molar-refractivity contribution is 5.92. The number of hydrogen-bond donors (Lipinski definition) is 4. The maximum absolute atomic E-state index is 9.67. The molecule has 2 aliphatic heterocycles. The highest BCUT2D eigenvalue weighted by atomic mass is 16.3. The zero-order valence-corrected chi connectivity index (χ0v) is 36.6. The molecule has 16 nitrogen and oxygen atoms in total.